The summed E-state index contributed by atoms with van der Waals surface area (Å²) in [7, 11) is 0. The van der Waals surface area contributed by atoms with Gasteiger partial charge in [0.25, 0.3) is 0 Å². The van der Waals surface area contributed by atoms with Crippen molar-refractivity contribution in [3.05, 3.63) is 41.7 Å². The lowest BCUT2D eigenvalue weighted by molar-refractivity contribution is -0.124. The maximum atomic E-state index is 12.0. The van der Waals surface area contributed by atoms with Crippen LogP contribution < -0.4 is 5.32 Å². The predicted octanol–water partition coefficient (Wildman–Crippen LogP) is 0.605. The first-order chi connectivity index (χ1) is 9.29. The number of thiol groups is 1. The summed E-state index contributed by atoms with van der Waals surface area (Å²) >= 11 is 4.24. The number of amides is 1. The highest BCUT2D eigenvalue weighted by atomic mass is 32.1. The smallest absolute Gasteiger partial charge is 0.224 e. The molecule has 100 valence electrons. The number of H-pyrrole nitrogens is 1. The SMILES string of the molecule is O=C(NCc1nn[nH]n1)C(CS)Cc1ccccc1. The van der Waals surface area contributed by atoms with Gasteiger partial charge in [0.2, 0.25) is 5.91 Å². The fraction of sp³-hybridized carbons (Fsp3) is 0.333. The highest BCUT2D eigenvalue weighted by Crippen LogP contribution is 2.10. The molecule has 0 bridgehead atoms. The summed E-state index contributed by atoms with van der Waals surface area (Å²) in [5, 5.41) is 16.1. The average molecular weight is 277 g/mol. The molecule has 2 rings (SSSR count). The molecule has 1 unspecified atom stereocenters. The van der Waals surface area contributed by atoms with E-state index >= 15 is 0 Å². The number of carbonyl (C=O) groups is 1. The van der Waals surface area contributed by atoms with Gasteiger partial charge in [0.1, 0.15) is 0 Å². The molecule has 2 N–H and O–H groups in total. The number of hydrogen-bond donors (Lipinski definition) is 3. The number of aromatic amines is 1. The zero-order valence-electron chi connectivity index (χ0n) is 10.3. The number of hydrogen-bond acceptors (Lipinski definition) is 5. The van der Waals surface area contributed by atoms with Crippen LogP contribution in [0.5, 0.6) is 0 Å². The zero-order valence-corrected chi connectivity index (χ0v) is 11.2. The second kappa shape index (κ2) is 6.89. The van der Waals surface area contributed by atoms with E-state index in [1.807, 2.05) is 30.3 Å². The summed E-state index contributed by atoms with van der Waals surface area (Å²) in [4.78, 5) is 12.0. The molecule has 0 saturated heterocycles. The van der Waals surface area contributed by atoms with Gasteiger partial charge in [-0.2, -0.15) is 17.8 Å². The van der Waals surface area contributed by atoms with E-state index in [1.54, 1.807) is 0 Å². The normalized spacial score (nSPS) is 12.1. The predicted molar refractivity (Wildman–Crippen MR) is 73.5 cm³/mol. The standard InChI is InChI=1S/C12H15N5OS/c18-12(13-7-11-14-16-17-15-11)10(8-19)6-9-4-2-1-3-5-9/h1-5,10,19H,6-8H2,(H,13,18)(H,14,15,16,17). The van der Waals surface area contributed by atoms with Crippen molar-refractivity contribution in [1.29, 1.82) is 0 Å². The van der Waals surface area contributed by atoms with Gasteiger partial charge in [-0.1, -0.05) is 35.5 Å². The van der Waals surface area contributed by atoms with Crippen molar-refractivity contribution in [1.82, 2.24) is 25.9 Å². The van der Waals surface area contributed by atoms with Crippen molar-refractivity contribution in [3.63, 3.8) is 0 Å². The van der Waals surface area contributed by atoms with Crippen LogP contribution in [0.1, 0.15) is 11.4 Å². The Balaban J connectivity index is 1.88. The molecule has 19 heavy (non-hydrogen) atoms. The molecule has 7 heteroatoms. The van der Waals surface area contributed by atoms with Crippen LogP contribution in [-0.2, 0) is 17.8 Å². The molecule has 0 saturated carbocycles. The number of nitrogens with zero attached hydrogens (tertiary/aromatic N) is 3. The first kappa shape index (κ1) is 13.5. The van der Waals surface area contributed by atoms with Gasteiger partial charge in [-0.3, -0.25) is 4.79 Å². The van der Waals surface area contributed by atoms with E-state index in [1.165, 1.54) is 0 Å². The van der Waals surface area contributed by atoms with Crippen LogP contribution in [0.25, 0.3) is 0 Å². The fourth-order valence-electron chi connectivity index (χ4n) is 1.71. The van der Waals surface area contributed by atoms with E-state index in [9.17, 15) is 4.79 Å². The highest BCUT2D eigenvalue weighted by molar-refractivity contribution is 7.80. The van der Waals surface area contributed by atoms with Gasteiger partial charge in [0, 0.05) is 5.75 Å². The third kappa shape index (κ3) is 4.06. The molecule has 1 amide bonds. The van der Waals surface area contributed by atoms with Gasteiger partial charge in [-0.15, -0.1) is 10.2 Å². The first-order valence-electron chi connectivity index (χ1n) is 5.94. The highest BCUT2D eigenvalue weighted by Gasteiger charge is 2.17. The number of aromatic nitrogens is 4. The van der Waals surface area contributed by atoms with Crippen LogP contribution in [0, 0.1) is 5.92 Å². The Bertz CT molecular complexity index is 502. The Kier molecular flexibility index (Phi) is 4.91. The minimum Gasteiger partial charge on any atom is -0.348 e. The second-order valence-corrected chi connectivity index (χ2v) is 4.48. The number of benzene rings is 1. The van der Waals surface area contributed by atoms with Gasteiger partial charge in [-0.25, -0.2) is 0 Å². The van der Waals surface area contributed by atoms with Gasteiger partial charge >= 0.3 is 0 Å². The van der Waals surface area contributed by atoms with E-state index in [2.05, 4.69) is 38.6 Å². The molecule has 0 aliphatic carbocycles. The summed E-state index contributed by atoms with van der Waals surface area (Å²) < 4.78 is 0. The van der Waals surface area contributed by atoms with E-state index in [0.29, 0.717) is 18.0 Å². The summed E-state index contributed by atoms with van der Waals surface area (Å²) in [5.74, 6) is 0.736. The van der Waals surface area contributed by atoms with Crippen molar-refractivity contribution in [2.24, 2.45) is 5.92 Å². The van der Waals surface area contributed by atoms with Gasteiger partial charge in [0.05, 0.1) is 12.5 Å². The Labute approximate surface area is 116 Å². The van der Waals surface area contributed by atoms with Crippen LogP contribution in [0.3, 0.4) is 0 Å². The number of nitrogens with one attached hydrogen (secondary N) is 2. The molecular formula is C12H15N5OS. The van der Waals surface area contributed by atoms with Crippen molar-refractivity contribution >= 4 is 18.5 Å². The number of carbonyl (C=O) groups excluding carboxylic acids is 1. The summed E-state index contributed by atoms with van der Waals surface area (Å²) in [6, 6.07) is 9.88. The Morgan fingerprint density at radius 2 is 2.16 bits per heavy atom. The summed E-state index contributed by atoms with van der Waals surface area (Å²) in [6.07, 6.45) is 0.669. The molecule has 1 heterocycles. The maximum Gasteiger partial charge on any atom is 0.224 e. The Hall–Kier alpha value is -1.89. The summed E-state index contributed by atoms with van der Waals surface area (Å²) in [5.41, 5.74) is 1.12. The molecule has 6 nitrogen and oxygen atoms in total. The van der Waals surface area contributed by atoms with Crippen LogP contribution in [-0.4, -0.2) is 32.3 Å². The largest absolute Gasteiger partial charge is 0.348 e. The Morgan fingerprint density at radius 1 is 1.37 bits per heavy atom. The Morgan fingerprint density at radius 3 is 2.79 bits per heavy atom. The monoisotopic (exact) mass is 277 g/mol. The number of tetrazole rings is 1. The van der Waals surface area contributed by atoms with Crippen LogP contribution >= 0.6 is 12.6 Å². The molecule has 1 aromatic carbocycles. The first-order valence-corrected chi connectivity index (χ1v) is 6.57. The fourth-order valence-corrected chi connectivity index (χ4v) is 2.00. The minimum atomic E-state index is -0.169. The van der Waals surface area contributed by atoms with E-state index in [0.717, 1.165) is 5.56 Å². The molecule has 0 fully saturated rings. The summed E-state index contributed by atoms with van der Waals surface area (Å²) in [6.45, 7) is 0.272. The molecule has 2 aromatic rings. The lowest BCUT2D eigenvalue weighted by Gasteiger charge is -2.13. The third-order valence-corrected chi connectivity index (χ3v) is 3.17. The zero-order chi connectivity index (χ0) is 13.5. The third-order valence-electron chi connectivity index (χ3n) is 2.73. The van der Waals surface area contributed by atoms with Crippen LogP contribution in [0.4, 0.5) is 0 Å². The minimum absolute atomic E-state index is 0.0522. The van der Waals surface area contributed by atoms with Crippen molar-refractivity contribution in [3.8, 4) is 0 Å². The second-order valence-electron chi connectivity index (χ2n) is 4.12. The van der Waals surface area contributed by atoms with Gasteiger partial charge in [-0.05, 0) is 12.0 Å². The van der Waals surface area contributed by atoms with E-state index in [4.69, 9.17) is 0 Å². The average Bonchev–Trinajstić information content (AvgIpc) is 2.96. The van der Waals surface area contributed by atoms with E-state index in [-0.39, 0.29) is 18.4 Å². The van der Waals surface area contributed by atoms with Crippen molar-refractivity contribution in [2.75, 3.05) is 5.75 Å². The molecule has 1 aromatic heterocycles. The van der Waals surface area contributed by atoms with E-state index < -0.39 is 0 Å². The maximum absolute atomic E-state index is 12.0. The van der Waals surface area contributed by atoms with Gasteiger partial charge < -0.3 is 5.32 Å². The lowest BCUT2D eigenvalue weighted by atomic mass is 10.0. The van der Waals surface area contributed by atoms with Crippen LogP contribution in [0.15, 0.2) is 30.3 Å². The topological polar surface area (TPSA) is 83.6 Å². The molecule has 0 radical (unpaired) electrons. The molecular weight excluding hydrogens is 262 g/mol. The van der Waals surface area contributed by atoms with Gasteiger partial charge in [0.15, 0.2) is 5.82 Å². The van der Waals surface area contributed by atoms with Crippen molar-refractivity contribution in [2.45, 2.75) is 13.0 Å². The lowest BCUT2D eigenvalue weighted by Crippen LogP contribution is -2.32. The molecule has 1 atom stereocenters. The molecule has 0 aliphatic heterocycles. The number of rotatable bonds is 6. The molecule has 0 aliphatic rings. The van der Waals surface area contributed by atoms with Crippen LogP contribution in [0.2, 0.25) is 0 Å². The molecule has 0 spiro atoms. The quantitative estimate of drug-likeness (QED) is 0.675. The van der Waals surface area contributed by atoms with Crippen molar-refractivity contribution < 1.29 is 4.79 Å².